The number of rotatable bonds is 9. The molecule has 174 valence electrons. The van der Waals surface area contributed by atoms with Crippen LogP contribution in [0, 0.1) is 0 Å². The van der Waals surface area contributed by atoms with Crippen molar-refractivity contribution in [1.82, 2.24) is 0 Å². The maximum absolute atomic E-state index is 6.26. The number of hydrogen-bond acceptors (Lipinski definition) is 5. The van der Waals surface area contributed by atoms with Crippen molar-refractivity contribution in [3.05, 3.63) is 81.8 Å². The Balaban J connectivity index is 1.38. The first-order valence-electron chi connectivity index (χ1n) is 11.1. The van der Waals surface area contributed by atoms with E-state index in [0.717, 1.165) is 43.1 Å². The van der Waals surface area contributed by atoms with Gasteiger partial charge in [-0.1, -0.05) is 35.3 Å². The van der Waals surface area contributed by atoms with Crippen LogP contribution < -0.4 is 19.7 Å². The average Bonchev–Trinajstić information content (AvgIpc) is 2.84. The van der Waals surface area contributed by atoms with Crippen LogP contribution >= 0.6 is 23.2 Å². The Kier molecular flexibility index (Phi) is 8.21. The summed E-state index contributed by atoms with van der Waals surface area (Å²) in [5.41, 5.74) is 4.15. The third-order valence-electron chi connectivity index (χ3n) is 5.48. The van der Waals surface area contributed by atoms with Crippen molar-refractivity contribution in [2.24, 2.45) is 0 Å². The number of benzene rings is 3. The van der Waals surface area contributed by atoms with Crippen molar-refractivity contribution < 1.29 is 14.2 Å². The molecule has 0 amide bonds. The van der Waals surface area contributed by atoms with Gasteiger partial charge in [-0.15, -0.1) is 0 Å². The summed E-state index contributed by atoms with van der Waals surface area (Å²) in [4.78, 5) is 2.34. The van der Waals surface area contributed by atoms with E-state index >= 15 is 0 Å². The van der Waals surface area contributed by atoms with Gasteiger partial charge < -0.3 is 24.4 Å². The van der Waals surface area contributed by atoms with Gasteiger partial charge in [0.05, 0.1) is 19.8 Å². The molecule has 0 bridgehead atoms. The second-order valence-corrected chi connectivity index (χ2v) is 8.52. The van der Waals surface area contributed by atoms with E-state index in [1.165, 1.54) is 5.69 Å². The molecule has 3 aromatic rings. The second kappa shape index (κ2) is 11.5. The predicted octanol–water partition coefficient (Wildman–Crippen LogP) is 6.42. The molecular formula is C26H28Cl2N2O3. The van der Waals surface area contributed by atoms with E-state index in [-0.39, 0.29) is 6.61 Å². The molecule has 1 aliphatic rings. The molecule has 0 saturated carbocycles. The Morgan fingerprint density at radius 1 is 0.909 bits per heavy atom. The molecule has 5 nitrogen and oxygen atoms in total. The Morgan fingerprint density at radius 3 is 2.33 bits per heavy atom. The molecule has 1 saturated heterocycles. The van der Waals surface area contributed by atoms with E-state index in [1.54, 1.807) is 12.1 Å². The minimum Gasteiger partial charge on any atom is -0.490 e. The summed E-state index contributed by atoms with van der Waals surface area (Å²) < 4.78 is 17.3. The lowest BCUT2D eigenvalue weighted by atomic mass is 10.2. The molecule has 4 rings (SSSR count). The fourth-order valence-electron chi connectivity index (χ4n) is 3.69. The Morgan fingerprint density at radius 2 is 1.64 bits per heavy atom. The molecule has 7 heteroatoms. The summed E-state index contributed by atoms with van der Waals surface area (Å²) in [5, 5.41) is 4.65. The topological polar surface area (TPSA) is 43.0 Å². The van der Waals surface area contributed by atoms with Gasteiger partial charge in [0.2, 0.25) is 0 Å². The van der Waals surface area contributed by atoms with Crippen molar-refractivity contribution in [2.45, 2.75) is 20.1 Å². The maximum atomic E-state index is 6.26. The molecule has 0 spiro atoms. The molecule has 3 aromatic carbocycles. The minimum atomic E-state index is 0.270. The normalized spacial score (nSPS) is 13.6. The molecule has 0 aromatic heterocycles. The van der Waals surface area contributed by atoms with E-state index < -0.39 is 0 Å². The number of hydrogen-bond donors (Lipinski definition) is 1. The van der Waals surface area contributed by atoms with Gasteiger partial charge in [0, 0.05) is 46.6 Å². The van der Waals surface area contributed by atoms with E-state index in [9.17, 15) is 0 Å². The molecule has 1 heterocycles. The largest absolute Gasteiger partial charge is 0.490 e. The fourth-order valence-corrected chi connectivity index (χ4v) is 4.19. The van der Waals surface area contributed by atoms with Gasteiger partial charge >= 0.3 is 0 Å². The van der Waals surface area contributed by atoms with E-state index in [2.05, 4.69) is 34.5 Å². The first kappa shape index (κ1) is 23.6. The van der Waals surface area contributed by atoms with E-state index in [0.29, 0.717) is 34.7 Å². The highest BCUT2D eigenvalue weighted by atomic mass is 35.5. The maximum Gasteiger partial charge on any atom is 0.161 e. The smallest absolute Gasteiger partial charge is 0.161 e. The van der Waals surface area contributed by atoms with Crippen molar-refractivity contribution in [1.29, 1.82) is 0 Å². The highest BCUT2D eigenvalue weighted by Crippen LogP contribution is 2.32. The van der Waals surface area contributed by atoms with E-state index in [1.807, 2.05) is 31.2 Å². The quantitative estimate of drug-likeness (QED) is 0.377. The van der Waals surface area contributed by atoms with Crippen molar-refractivity contribution in [3.63, 3.8) is 0 Å². The summed E-state index contributed by atoms with van der Waals surface area (Å²) in [5.74, 6) is 1.36. The first-order valence-corrected chi connectivity index (χ1v) is 11.9. The van der Waals surface area contributed by atoms with Gasteiger partial charge in [-0.05, 0) is 61.0 Å². The lowest BCUT2D eigenvalue weighted by Crippen LogP contribution is -2.36. The first-order chi connectivity index (χ1) is 16.1. The number of nitrogens with zero attached hydrogens (tertiary/aromatic N) is 1. The molecule has 1 fully saturated rings. The molecule has 0 atom stereocenters. The van der Waals surface area contributed by atoms with Gasteiger partial charge in [0.15, 0.2) is 11.5 Å². The van der Waals surface area contributed by atoms with Crippen LogP contribution in [0.25, 0.3) is 0 Å². The van der Waals surface area contributed by atoms with Gasteiger partial charge in [0.25, 0.3) is 0 Å². The van der Waals surface area contributed by atoms with Crippen LogP contribution in [0.15, 0.2) is 60.7 Å². The zero-order valence-corrected chi connectivity index (χ0v) is 20.2. The molecule has 33 heavy (non-hydrogen) atoms. The minimum absolute atomic E-state index is 0.270. The number of morpholine rings is 1. The van der Waals surface area contributed by atoms with Gasteiger partial charge in [-0.3, -0.25) is 0 Å². The van der Waals surface area contributed by atoms with Crippen LogP contribution in [0.4, 0.5) is 11.4 Å². The fraction of sp³-hybridized carbons (Fsp3) is 0.308. The Hall–Kier alpha value is -2.60. The molecule has 0 aliphatic carbocycles. The highest BCUT2D eigenvalue weighted by molar-refractivity contribution is 6.35. The molecule has 0 unspecified atom stereocenters. The van der Waals surface area contributed by atoms with Crippen molar-refractivity contribution in [3.8, 4) is 11.5 Å². The predicted molar refractivity (Wildman–Crippen MR) is 135 cm³/mol. The summed E-state index contributed by atoms with van der Waals surface area (Å²) in [6.07, 6.45) is 0. The van der Waals surface area contributed by atoms with Gasteiger partial charge in [-0.25, -0.2) is 0 Å². The van der Waals surface area contributed by atoms with Crippen LogP contribution in [-0.2, 0) is 17.9 Å². The van der Waals surface area contributed by atoms with E-state index in [4.69, 9.17) is 37.4 Å². The highest BCUT2D eigenvalue weighted by Gasteiger charge is 2.12. The molecule has 0 radical (unpaired) electrons. The third-order valence-corrected chi connectivity index (χ3v) is 6.19. The van der Waals surface area contributed by atoms with Gasteiger partial charge in [-0.2, -0.15) is 0 Å². The standard InChI is InChI=1S/C26H28Cl2N2O3/c1-2-32-26-16-19(6-11-25(26)33-18-22-23(27)4-3-5-24(22)28)17-29-20-7-9-21(10-8-20)30-12-14-31-15-13-30/h3-11,16,29H,2,12-15,17-18H2,1H3. The monoisotopic (exact) mass is 486 g/mol. The number of nitrogens with one attached hydrogen (secondary N) is 1. The summed E-state index contributed by atoms with van der Waals surface area (Å²) in [7, 11) is 0. The van der Waals surface area contributed by atoms with Gasteiger partial charge in [0.1, 0.15) is 6.61 Å². The zero-order chi connectivity index (χ0) is 23.0. The molecular weight excluding hydrogens is 459 g/mol. The Bertz CT molecular complexity index is 1030. The van der Waals surface area contributed by atoms with Crippen LogP contribution in [-0.4, -0.2) is 32.9 Å². The van der Waals surface area contributed by atoms with Crippen molar-refractivity contribution >= 4 is 34.6 Å². The Labute approximate surface area is 205 Å². The van der Waals surface area contributed by atoms with Crippen molar-refractivity contribution in [2.75, 3.05) is 43.1 Å². The van der Waals surface area contributed by atoms with Crippen LogP contribution in [0.1, 0.15) is 18.1 Å². The zero-order valence-electron chi connectivity index (χ0n) is 18.7. The lowest BCUT2D eigenvalue weighted by molar-refractivity contribution is 0.122. The summed E-state index contributed by atoms with van der Waals surface area (Å²) in [6, 6.07) is 19.9. The van der Waals surface area contributed by atoms with Crippen LogP contribution in [0.3, 0.4) is 0 Å². The second-order valence-electron chi connectivity index (χ2n) is 7.70. The third kappa shape index (κ3) is 6.26. The summed E-state index contributed by atoms with van der Waals surface area (Å²) >= 11 is 12.5. The SMILES string of the molecule is CCOc1cc(CNc2ccc(N3CCOCC3)cc2)ccc1OCc1c(Cl)cccc1Cl. The van der Waals surface area contributed by atoms with Crippen LogP contribution in [0.2, 0.25) is 10.0 Å². The molecule has 1 N–H and O–H groups in total. The average molecular weight is 487 g/mol. The lowest BCUT2D eigenvalue weighted by Gasteiger charge is -2.29. The van der Waals surface area contributed by atoms with Crippen LogP contribution in [0.5, 0.6) is 11.5 Å². The molecule has 1 aliphatic heterocycles. The summed E-state index contributed by atoms with van der Waals surface area (Å²) in [6.45, 7) is 6.88. The number of halogens is 2. The number of anilines is 2. The number of ether oxygens (including phenoxy) is 3.